The minimum atomic E-state index is -1.07. The summed E-state index contributed by atoms with van der Waals surface area (Å²) in [4.78, 5) is 25.4. The van der Waals surface area contributed by atoms with Gasteiger partial charge in [-0.2, -0.15) is 0 Å². The molecular weight excluding hydrogens is 240 g/mol. The highest BCUT2D eigenvalue weighted by Gasteiger charge is 2.27. The summed E-state index contributed by atoms with van der Waals surface area (Å²) in [6.07, 6.45) is 1.07. The number of rotatable bonds is 5. The Balaban J connectivity index is 2.63. The molecule has 0 aromatic carbocycles. The summed E-state index contributed by atoms with van der Waals surface area (Å²) in [6, 6.07) is -0.376. The number of carbonyl (C=O) groups is 2. The zero-order valence-electron chi connectivity index (χ0n) is 10.1. The quantitative estimate of drug-likeness (QED) is 0.641. The first-order chi connectivity index (χ1) is 8.58. The highest BCUT2D eigenvalue weighted by Crippen LogP contribution is 2.08. The van der Waals surface area contributed by atoms with Crippen molar-refractivity contribution in [2.75, 3.05) is 39.4 Å². The van der Waals surface area contributed by atoms with Crippen molar-refractivity contribution in [2.45, 2.75) is 6.10 Å². The molecule has 0 aromatic rings. The molecule has 1 fully saturated rings. The van der Waals surface area contributed by atoms with Gasteiger partial charge in [0.2, 0.25) is 0 Å². The lowest BCUT2D eigenvalue weighted by Gasteiger charge is -2.35. The third kappa shape index (κ3) is 4.01. The second-order valence-corrected chi connectivity index (χ2v) is 3.97. The summed E-state index contributed by atoms with van der Waals surface area (Å²) in [7, 11) is 0. The first kappa shape index (κ1) is 14.5. The molecule has 7 heteroatoms. The van der Waals surface area contributed by atoms with Gasteiger partial charge in [-0.25, -0.2) is 4.79 Å². The summed E-state index contributed by atoms with van der Waals surface area (Å²) < 4.78 is 5.23. The fraction of sp³-hybridized carbons (Fsp3) is 0.636. The van der Waals surface area contributed by atoms with Crippen molar-refractivity contribution in [2.24, 2.45) is 0 Å². The van der Waals surface area contributed by atoms with Gasteiger partial charge in [0.25, 0.3) is 0 Å². The minimum Gasteiger partial charge on any atom is -0.480 e. The van der Waals surface area contributed by atoms with Crippen LogP contribution < -0.4 is 0 Å². The van der Waals surface area contributed by atoms with Crippen molar-refractivity contribution in [3.8, 4) is 0 Å². The molecule has 0 radical (unpaired) electrons. The number of amides is 2. The van der Waals surface area contributed by atoms with Gasteiger partial charge in [0.1, 0.15) is 6.54 Å². The number of morpholine rings is 1. The molecule has 1 aliphatic rings. The van der Waals surface area contributed by atoms with E-state index in [9.17, 15) is 9.59 Å². The molecule has 2 N–H and O–H groups in total. The van der Waals surface area contributed by atoms with Gasteiger partial charge in [-0.05, 0) is 0 Å². The van der Waals surface area contributed by atoms with Crippen LogP contribution in [-0.4, -0.2) is 77.5 Å². The molecule has 0 bridgehead atoms. The fourth-order valence-electron chi connectivity index (χ4n) is 1.73. The molecule has 0 spiro atoms. The van der Waals surface area contributed by atoms with Crippen LogP contribution in [0.1, 0.15) is 0 Å². The average molecular weight is 258 g/mol. The normalized spacial score (nSPS) is 19.4. The second-order valence-electron chi connectivity index (χ2n) is 3.97. The van der Waals surface area contributed by atoms with Gasteiger partial charge in [0.05, 0.1) is 25.9 Å². The Hall–Kier alpha value is -1.60. The first-order valence-corrected chi connectivity index (χ1v) is 5.67. The van der Waals surface area contributed by atoms with E-state index < -0.39 is 12.1 Å². The standard InChI is InChI=1S/C11H18N2O5/c1-2-3-12(7-10(15)16)11(17)13-4-5-18-9(6-13)8-14/h2,9,14H,1,3-8H2,(H,15,16). The maximum Gasteiger partial charge on any atom is 0.323 e. The highest BCUT2D eigenvalue weighted by atomic mass is 16.5. The van der Waals surface area contributed by atoms with Crippen molar-refractivity contribution in [3.05, 3.63) is 12.7 Å². The number of carboxylic acids is 1. The van der Waals surface area contributed by atoms with Crippen molar-refractivity contribution in [1.82, 2.24) is 9.80 Å². The van der Waals surface area contributed by atoms with Gasteiger partial charge in [-0.1, -0.05) is 6.08 Å². The van der Waals surface area contributed by atoms with Gasteiger partial charge < -0.3 is 24.7 Å². The van der Waals surface area contributed by atoms with Crippen molar-refractivity contribution in [1.29, 1.82) is 0 Å². The van der Waals surface area contributed by atoms with E-state index in [1.807, 2.05) is 0 Å². The first-order valence-electron chi connectivity index (χ1n) is 5.67. The Kier molecular flexibility index (Phi) is 5.60. The lowest BCUT2D eigenvalue weighted by molar-refractivity contribution is -0.137. The predicted octanol–water partition coefficient (Wildman–Crippen LogP) is -0.628. The van der Waals surface area contributed by atoms with Crippen LogP contribution in [0, 0.1) is 0 Å². The van der Waals surface area contributed by atoms with Gasteiger partial charge >= 0.3 is 12.0 Å². The predicted molar refractivity (Wildman–Crippen MR) is 63.2 cm³/mol. The van der Waals surface area contributed by atoms with Gasteiger partial charge in [0, 0.05) is 13.1 Å². The number of hydrogen-bond donors (Lipinski definition) is 2. The van der Waals surface area contributed by atoms with E-state index in [0.29, 0.717) is 13.2 Å². The van der Waals surface area contributed by atoms with Crippen LogP contribution in [-0.2, 0) is 9.53 Å². The molecule has 7 nitrogen and oxygen atoms in total. The smallest absolute Gasteiger partial charge is 0.323 e. The SMILES string of the molecule is C=CCN(CC(=O)O)C(=O)N1CCOC(CO)C1. The van der Waals surface area contributed by atoms with E-state index in [1.54, 1.807) is 0 Å². The maximum absolute atomic E-state index is 12.1. The van der Waals surface area contributed by atoms with Crippen LogP contribution >= 0.6 is 0 Å². The number of aliphatic hydroxyl groups excluding tert-OH is 1. The summed E-state index contributed by atoms with van der Waals surface area (Å²) in [5.74, 6) is -1.07. The van der Waals surface area contributed by atoms with Gasteiger partial charge in [-0.15, -0.1) is 6.58 Å². The number of urea groups is 1. The minimum absolute atomic E-state index is 0.163. The van der Waals surface area contributed by atoms with Crippen molar-refractivity contribution < 1.29 is 24.5 Å². The van der Waals surface area contributed by atoms with Crippen LogP contribution in [0.25, 0.3) is 0 Å². The van der Waals surface area contributed by atoms with E-state index in [4.69, 9.17) is 14.9 Å². The van der Waals surface area contributed by atoms with Crippen LogP contribution in [0.2, 0.25) is 0 Å². The number of hydrogen-bond acceptors (Lipinski definition) is 4. The molecular formula is C11H18N2O5. The number of carbonyl (C=O) groups excluding carboxylic acids is 1. The monoisotopic (exact) mass is 258 g/mol. The molecule has 1 atom stereocenters. The molecule has 1 saturated heterocycles. The van der Waals surface area contributed by atoms with E-state index >= 15 is 0 Å². The van der Waals surface area contributed by atoms with Crippen molar-refractivity contribution in [3.63, 3.8) is 0 Å². The van der Waals surface area contributed by atoms with Gasteiger partial charge in [-0.3, -0.25) is 4.79 Å². The molecule has 2 amide bonds. The summed E-state index contributed by atoms with van der Waals surface area (Å²) >= 11 is 0. The molecule has 0 aliphatic carbocycles. The van der Waals surface area contributed by atoms with E-state index in [1.165, 1.54) is 15.9 Å². The number of ether oxygens (including phenoxy) is 1. The maximum atomic E-state index is 12.1. The third-order valence-electron chi connectivity index (χ3n) is 2.56. The number of aliphatic hydroxyl groups is 1. The summed E-state index contributed by atoms with van der Waals surface area (Å²) in [5.41, 5.74) is 0. The zero-order valence-corrected chi connectivity index (χ0v) is 10.1. The third-order valence-corrected chi connectivity index (χ3v) is 2.56. The number of aliphatic carboxylic acids is 1. The van der Waals surface area contributed by atoms with Crippen LogP contribution in [0.5, 0.6) is 0 Å². The van der Waals surface area contributed by atoms with Crippen LogP contribution in [0.15, 0.2) is 12.7 Å². The van der Waals surface area contributed by atoms with Crippen molar-refractivity contribution >= 4 is 12.0 Å². The molecule has 1 unspecified atom stereocenters. The zero-order chi connectivity index (χ0) is 13.5. The Morgan fingerprint density at radius 1 is 1.56 bits per heavy atom. The lowest BCUT2D eigenvalue weighted by atomic mass is 10.3. The lowest BCUT2D eigenvalue weighted by Crippen LogP contribution is -2.52. The Labute approximate surface area is 105 Å². The summed E-state index contributed by atoms with van der Waals surface area (Å²) in [5, 5.41) is 17.7. The van der Waals surface area contributed by atoms with E-state index in [-0.39, 0.29) is 32.3 Å². The molecule has 0 saturated carbocycles. The molecule has 0 aromatic heterocycles. The number of carboxylic acid groups (broad SMARTS) is 1. The molecule has 102 valence electrons. The Bertz CT molecular complexity index is 321. The molecule has 1 heterocycles. The topological polar surface area (TPSA) is 90.3 Å². The largest absolute Gasteiger partial charge is 0.480 e. The van der Waals surface area contributed by atoms with Crippen LogP contribution in [0.4, 0.5) is 4.79 Å². The molecule has 1 aliphatic heterocycles. The average Bonchev–Trinajstić information content (AvgIpc) is 2.37. The Morgan fingerprint density at radius 2 is 2.28 bits per heavy atom. The fourth-order valence-corrected chi connectivity index (χ4v) is 1.73. The highest BCUT2D eigenvalue weighted by molar-refractivity contribution is 5.80. The molecule has 1 rings (SSSR count). The number of nitrogens with zero attached hydrogens (tertiary/aromatic N) is 2. The van der Waals surface area contributed by atoms with Crippen LogP contribution in [0.3, 0.4) is 0 Å². The van der Waals surface area contributed by atoms with Gasteiger partial charge in [0.15, 0.2) is 0 Å². The van der Waals surface area contributed by atoms with E-state index in [2.05, 4.69) is 6.58 Å². The molecule has 18 heavy (non-hydrogen) atoms. The summed E-state index contributed by atoms with van der Waals surface area (Å²) in [6.45, 7) is 4.13. The van der Waals surface area contributed by atoms with E-state index in [0.717, 1.165) is 0 Å². The second kappa shape index (κ2) is 6.97. The Morgan fingerprint density at radius 3 is 2.83 bits per heavy atom.